The number of hydrogen-bond acceptors (Lipinski definition) is 6. The second-order valence-electron chi connectivity index (χ2n) is 10.1. The Bertz CT molecular complexity index is 1440. The molecular formula is C30H36N6O2. The van der Waals surface area contributed by atoms with Gasteiger partial charge in [-0.25, -0.2) is 0 Å². The number of aryl methyl sites for hydroxylation is 1. The number of aromatic amines is 1. The van der Waals surface area contributed by atoms with Crippen molar-refractivity contribution in [2.45, 2.75) is 19.3 Å². The molecule has 0 bridgehead atoms. The minimum atomic E-state index is -0.0942. The lowest BCUT2D eigenvalue weighted by Gasteiger charge is -2.36. The Hall–Kier alpha value is -3.80. The molecule has 3 heterocycles. The van der Waals surface area contributed by atoms with E-state index < -0.39 is 0 Å². The van der Waals surface area contributed by atoms with Gasteiger partial charge in [-0.3, -0.25) is 9.69 Å². The predicted molar refractivity (Wildman–Crippen MR) is 152 cm³/mol. The zero-order valence-electron chi connectivity index (χ0n) is 22.3. The molecule has 198 valence electrons. The van der Waals surface area contributed by atoms with Crippen molar-refractivity contribution < 1.29 is 9.21 Å². The van der Waals surface area contributed by atoms with Crippen molar-refractivity contribution in [1.29, 1.82) is 5.26 Å². The molecule has 2 aromatic heterocycles. The minimum absolute atomic E-state index is 0.0942. The summed E-state index contributed by atoms with van der Waals surface area (Å²) in [6, 6.07) is 16.2. The number of fused-ring (bicyclic) bond motifs is 2. The van der Waals surface area contributed by atoms with Crippen LogP contribution in [0, 0.1) is 11.3 Å². The highest BCUT2D eigenvalue weighted by Gasteiger charge is 2.20. The van der Waals surface area contributed by atoms with E-state index in [4.69, 9.17) is 4.42 Å². The van der Waals surface area contributed by atoms with E-state index in [9.17, 15) is 10.1 Å². The Morgan fingerprint density at radius 1 is 1.13 bits per heavy atom. The zero-order valence-corrected chi connectivity index (χ0v) is 22.3. The fourth-order valence-corrected chi connectivity index (χ4v) is 5.24. The first kappa shape index (κ1) is 25.8. The van der Waals surface area contributed by atoms with Crippen molar-refractivity contribution >= 4 is 33.5 Å². The number of likely N-dealkylation sites (N-methyl/N-ethyl adjacent to an activating group) is 2. The number of nitriles is 1. The molecule has 8 nitrogen and oxygen atoms in total. The Morgan fingerprint density at radius 3 is 2.76 bits per heavy atom. The Balaban J connectivity index is 1.10. The Labute approximate surface area is 223 Å². The normalized spacial score (nSPS) is 14.3. The molecule has 2 aromatic carbocycles. The van der Waals surface area contributed by atoms with E-state index in [1.165, 1.54) is 16.6 Å². The minimum Gasteiger partial charge on any atom is -0.451 e. The highest BCUT2D eigenvalue weighted by Crippen LogP contribution is 2.27. The monoisotopic (exact) mass is 512 g/mol. The molecule has 1 aliphatic heterocycles. The lowest BCUT2D eigenvalue weighted by Crippen LogP contribution is -2.46. The van der Waals surface area contributed by atoms with E-state index in [0.717, 1.165) is 75.0 Å². The fourth-order valence-electron chi connectivity index (χ4n) is 5.24. The molecule has 1 amide bonds. The smallest absolute Gasteiger partial charge is 0.289 e. The number of nitrogens with one attached hydrogen (secondary N) is 2. The molecule has 1 fully saturated rings. The van der Waals surface area contributed by atoms with Gasteiger partial charge in [-0.1, -0.05) is 0 Å². The third-order valence-corrected chi connectivity index (χ3v) is 7.56. The Morgan fingerprint density at radius 2 is 1.97 bits per heavy atom. The standard InChI is InChI=1S/C30H36N6O2/c1-32-10-12-34(2)30(37)29-19-24-18-25(7-9-28(24)38-29)36-15-13-35(14-16-36)11-4-3-5-23-21-33-27-8-6-22(20-31)17-26(23)27/h6-9,17-19,21,32-33H,3-5,10-16H2,1-2H3. The molecular weight excluding hydrogens is 476 g/mol. The number of anilines is 1. The van der Waals surface area contributed by atoms with Crippen LogP contribution in [-0.4, -0.2) is 80.6 Å². The second kappa shape index (κ2) is 11.7. The molecule has 1 aliphatic rings. The summed E-state index contributed by atoms with van der Waals surface area (Å²) in [6.45, 7) is 6.54. The van der Waals surface area contributed by atoms with Crippen molar-refractivity contribution in [2.75, 3.05) is 64.8 Å². The summed E-state index contributed by atoms with van der Waals surface area (Å²) in [5.74, 6) is 0.293. The summed E-state index contributed by atoms with van der Waals surface area (Å²) in [7, 11) is 3.67. The third-order valence-electron chi connectivity index (χ3n) is 7.56. The van der Waals surface area contributed by atoms with Crippen LogP contribution < -0.4 is 10.2 Å². The quantitative estimate of drug-likeness (QED) is 0.309. The number of piperazine rings is 1. The predicted octanol–water partition coefficient (Wildman–Crippen LogP) is 4.22. The van der Waals surface area contributed by atoms with E-state index in [1.54, 1.807) is 11.9 Å². The zero-order chi connectivity index (χ0) is 26.5. The summed E-state index contributed by atoms with van der Waals surface area (Å²) in [4.78, 5) is 22.7. The van der Waals surface area contributed by atoms with Crippen molar-refractivity contribution in [1.82, 2.24) is 20.1 Å². The van der Waals surface area contributed by atoms with Gasteiger partial charge < -0.3 is 24.5 Å². The number of rotatable bonds is 10. The number of amides is 1. The van der Waals surface area contributed by atoms with Crippen molar-refractivity contribution in [2.24, 2.45) is 0 Å². The molecule has 8 heteroatoms. The van der Waals surface area contributed by atoms with Crippen molar-refractivity contribution in [3.05, 3.63) is 65.5 Å². The molecule has 4 aromatic rings. The maximum atomic E-state index is 12.7. The summed E-state index contributed by atoms with van der Waals surface area (Å²) < 4.78 is 5.85. The van der Waals surface area contributed by atoms with E-state index in [-0.39, 0.29) is 5.91 Å². The van der Waals surface area contributed by atoms with E-state index in [1.807, 2.05) is 37.4 Å². The average Bonchev–Trinajstić information content (AvgIpc) is 3.57. The van der Waals surface area contributed by atoms with Gasteiger partial charge in [0.15, 0.2) is 5.76 Å². The number of furan rings is 1. The second-order valence-corrected chi connectivity index (χ2v) is 10.1. The average molecular weight is 513 g/mol. The van der Waals surface area contributed by atoms with Gasteiger partial charge in [-0.2, -0.15) is 5.26 Å². The lowest BCUT2D eigenvalue weighted by molar-refractivity contribution is 0.0768. The summed E-state index contributed by atoms with van der Waals surface area (Å²) >= 11 is 0. The van der Waals surface area contributed by atoms with E-state index in [0.29, 0.717) is 17.9 Å². The Kier molecular flexibility index (Phi) is 7.97. The van der Waals surface area contributed by atoms with Gasteiger partial charge in [-0.05, 0) is 80.9 Å². The van der Waals surface area contributed by atoms with Gasteiger partial charge in [0.05, 0.1) is 11.6 Å². The van der Waals surface area contributed by atoms with Gasteiger partial charge in [0.2, 0.25) is 0 Å². The largest absolute Gasteiger partial charge is 0.451 e. The molecule has 0 spiro atoms. The van der Waals surface area contributed by atoms with Crippen LogP contribution in [-0.2, 0) is 6.42 Å². The van der Waals surface area contributed by atoms with Gasteiger partial charge >= 0.3 is 0 Å². The molecule has 5 rings (SSSR count). The maximum Gasteiger partial charge on any atom is 0.289 e. The van der Waals surface area contributed by atoms with Crippen LogP contribution in [0.1, 0.15) is 34.5 Å². The summed E-state index contributed by atoms with van der Waals surface area (Å²) in [5, 5.41) is 14.4. The number of carbonyl (C=O) groups excluding carboxylic acids is 1. The van der Waals surface area contributed by atoms with Crippen LogP contribution in [0.15, 0.2) is 53.1 Å². The molecule has 0 saturated carbocycles. The van der Waals surface area contributed by atoms with Crippen molar-refractivity contribution in [3.8, 4) is 6.07 Å². The number of unbranched alkanes of at least 4 members (excludes halogenated alkanes) is 1. The highest BCUT2D eigenvalue weighted by atomic mass is 16.3. The van der Waals surface area contributed by atoms with E-state index >= 15 is 0 Å². The third kappa shape index (κ3) is 5.69. The number of carbonyl (C=O) groups is 1. The molecule has 0 unspecified atom stereocenters. The number of hydrogen-bond donors (Lipinski definition) is 2. The topological polar surface area (TPSA) is 91.5 Å². The lowest BCUT2D eigenvalue weighted by atomic mass is 10.1. The summed E-state index contributed by atoms with van der Waals surface area (Å²) in [5.41, 5.74) is 5.03. The van der Waals surface area contributed by atoms with Crippen LogP contribution in [0.25, 0.3) is 21.9 Å². The van der Waals surface area contributed by atoms with Gasteiger partial charge in [0, 0.05) is 74.5 Å². The first-order valence-electron chi connectivity index (χ1n) is 13.5. The molecule has 38 heavy (non-hydrogen) atoms. The summed E-state index contributed by atoms with van der Waals surface area (Å²) in [6.07, 6.45) is 5.40. The number of benzene rings is 2. The number of aromatic nitrogens is 1. The van der Waals surface area contributed by atoms with Gasteiger partial charge in [-0.15, -0.1) is 0 Å². The van der Waals surface area contributed by atoms with Gasteiger partial charge in [0.1, 0.15) is 5.58 Å². The molecule has 0 aliphatic carbocycles. The molecule has 2 N–H and O–H groups in total. The molecule has 1 saturated heterocycles. The number of nitrogens with zero attached hydrogens (tertiary/aromatic N) is 4. The SMILES string of the molecule is CNCCN(C)C(=O)c1cc2cc(N3CCN(CCCCc4c[nH]c5ccc(C#N)cc45)CC3)ccc2o1. The first-order valence-corrected chi connectivity index (χ1v) is 13.5. The number of H-pyrrole nitrogens is 1. The van der Waals surface area contributed by atoms with Crippen LogP contribution in [0.3, 0.4) is 0 Å². The fraction of sp³-hybridized carbons (Fsp3) is 0.400. The van der Waals surface area contributed by atoms with Gasteiger partial charge in [0.25, 0.3) is 5.91 Å². The van der Waals surface area contributed by atoms with Crippen molar-refractivity contribution in [3.63, 3.8) is 0 Å². The van der Waals surface area contributed by atoms with E-state index in [2.05, 4.69) is 44.5 Å². The van der Waals surface area contributed by atoms with Crippen LogP contribution >= 0.6 is 0 Å². The maximum absolute atomic E-state index is 12.7. The highest BCUT2D eigenvalue weighted by molar-refractivity contribution is 5.96. The molecule has 0 atom stereocenters. The first-order chi connectivity index (χ1) is 18.6. The van der Waals surface area contributed by atoms with Crippen LogP contribution in [0.4, 0.5) is 5.69 Å². The van der Waals surface area contributed by atoms with Crippen LogP contribution in [0.2, 0.25) is 0 Å². The molecule has 0 radical (unpaired) electrons. The van der Waals surface area contributed by atoms with Crippen LogP contribution in [0.5, 0.6) is 0 Å².